The highest BCUT2D eigenvalue weighted by atomic mass is 16.1. The molecule has 0 aliphatic heterocycles. The Kier molecular flexibility index (Phi) is 4.40. The van der Waals surface area contributed by atoms with Crippen LogP contribution < -0.4 is 5.32 Å². The van der Waals surface area contributed by atoms with Crippen molar-refractivity contribution in [2.75, 3.05) is 0 Å². The van der Waals surface area contributed by atoms with E-state index < -0.39 is 0 Å². The smallest absolute Gasteiger partial charge is 0.252 e. The zero-order chi connectivity index (χ0) is 19.8. The molecule has 0 aromatic heterocycles. The number of rotatable bonds is 4. The average Bonchev–Trinajstić information content (AvgIpc) is 3.18. The van der Waals surface area contributed by atoms with E-state index in [1.54, 1.807) is 0 Å². The lowest BCUT2D eigenvalue weighted by Gasteiger charge is -2.22. The summed E-state index contributed by atoms with van der Waals surface area (Å²) < 4.78 is 0. The first-order valence-corrected chi connectivity index (χ1v) is 10.2. The van der Waals surface area contributed by atoms with Gasteiger partial charge in [0.15, 0.2) is 0 Å². The van der Waals surface area contributed by atoms with E-state index >= 15 is 0 Å². The van der Waals surface area contributed by atoms with Gasteiger partial charge in [0.25, 0.3) is 5.91 Å². The van der Waals surface area contributed by atoms with Crippen molar-refractivity contribution in [1.29, 1.82) is 0 Å². The highest BCUT2D eigenvalue weighted by Gasteiger charge is 2.23. The summed E-state index contributed by atoms with van der Waals surface area (Å²) in [7, 11) is 0. The number of aryl methyl sites for hydroxylation is 3. The molecule has 0 fully saturated rings. The monoisotopic (exact) mass is 377 g/mol. The number of carbonyl (C=O) groups is 1. The van der Waals surface area contributed by atoms with Crippen LogP contribution in [-0.4, -0.2) is 5.91 Å². The molecular weight excluding hydrogens is 354 g/mol. The fraction of sp³-hybridized carbons (Fsp3) is 0.148. The summed E-state index contributed by atoms with van der Waals surface area (Å²) in [6.45, 7) is 1.98. The van der Waals surface area contributed by atoms with Gasteiger partial charge in [-0.15, -0.1) is 0 Å². The lowest BCUT2D eigenvalue weighted by Crippen LogP contribution is -2.30. The second-order valence-electron chi connectivity index (χ2n) is 7.79. The molecule has 1 aliphatic carbocycles. The Morgan fingerprint density at radius 3 is 2.31 bits per heavy atom. The molecule has 4 aromatic rings. The lowest BCUT2D eigenvalue weighted by molar-refractivity contribution is 0.0942. The third-order valence-corrected chi connectivity index (χ3v) is 6.02. The molecule has 0 unspecified atom stereocenters. The van der Waals surface area contributed by atoms with Gasteiger partial charge in [-0.25, -0.2) is 0 Å². The first kappa shape index (κ1) is 17.7. The summed E-state index contributed by atoms with van der Waals surface area (Å²) in [6, 6.07) is 28.8. The van der Waals surface area contributed by atoms with Gasteiger partial charge in [-0.05, 0) is 64.4 Å². The molecule has 1 aliphatic rings. The Balaban J connectivity index is 1.64. The maximum Gasteiger partial charge on any atom is 0.252 e. The molecule has 29 heavy (non-hydrogen) atoms. The van der Waals surface area contributed by atoms with Crippen LogP contribution in [0.4, 0.5) is 0 Å². The van der Waals surface area contributed by atoms with Crippen molar-refractivity contribution in [2.45, 2.75) is 25.8 Å². The van der Waals surface area contributed by atoms with Crippen LogP contribution in [0.2, 0.25) is 0 Å². The van der Waals surface area contributed by atoms with Crippen LogP contribution in [0.25, 0.3) is 10.8 Å². The van der Waals surface area contributed by atoms with Gasteiger partial charge in [0.05, 0.1) is 6.04 Å². The molecule has 1 amide bonds. The number of benzene rings is 4. The number of hydrogen-bond acceptors (Lipinski definition) is 1. The molecule has 4 aromatic carbocycles. The Morgan fingerprint density at radius 2 is 1.52 bits per heavy atom. The van der Waals surface area contributed by atoms with Gasteiger partial charge in [0.2, 0.25) is 0 Å². The van der Waals surface area contributed by atoms with Crippen molar-refractivity contribution in [3.63, 3.8) is 0 Å². The van der Waals surface area contributed by atoms with Crippen molar-refractivity contribution in [3.8, 4) is 0 Å². The minimum absolute atomic E-state index is 0.0415. The van der Waals surface area contributed by atoms with E-state index in [1.807, 2.05) is 49.4 Å². The Labute approximate surface area is 171 Å². The van der Waals surface area contributed by atoms with Crippen molar-refractivity contribution in [1.82, 2.24) is 5.32 Å². The van der Waals surface area contributed by atoms with Gasteiger partial charge >= 0.3 is 0 Å². The fourth-order valence-corrected chi connectivity index (χ4v) is 4.54. The first-order valence-electron chi connectivity index (χ1n) is 10.2. The lowest BCUT2D eigenvalue weighted by atomic mass is 9.91. The third kappa shape index (κ3) is 3.11. The third-order valence-electron chi connectivity index (χ3n) is 6.02. The second kappa shape index (κ2) is 7.21. The molecule has 0 radical (unpaired) electrons. The number of nitrogens with one attached hydrogen (secondary N) is 1. The largest absolute Gasteiger partial charge is 0.341 e. The molecule has 0 saturated heterocycles. The van der Waals surface area contributed by atoms with Gasteiger partial charge < -0.3 is 5.32 Å². The summed E-state index contributed by atoms with van der Waals surface area (Å²) in [5.74, 6) is -0.0415. The number of carbonyl (C=O) groups excluding carboxylic acids is 1. The summed E-state index contributed by atoms with van der Waals surface area (Å²) in [5, 5.41) is 5.94. The molecule has 142 valence electrons. The normalized spacial score (nSPS) is 13.4. The van der Waals surface area contributed by atoms with Gasteiger partial charge in [-0.3, -0.25) is 4.79 Å². The van der Waals surface area contributed by atoms with Crippen molar-refractivity contribution >= 4 is 16.7 Å². The predicted octanol–water partition coefficient (Wildman–Crippen LogP) is 5.77. The molecule has 2 nitrogen and oxygen atoms in total. The summed E-state index contributed by atoms with van der Waals surface area (Å²) in [5.41, 5.74) is 6.78. The highest BCUT2D eigenvalue weighted by Crippen LogP contribution is 2.36. The number of amides is 1. The van der Waals surface area contributed by atoms with E-state index in [0.717, 1.165) is 35.1 Å². The topological polar surface area (TPSA) is 29.1 Å². The maximum atomic E-state index is 13.2. The number of hydrogen-bond donors (Lipinski definition) is 1. The van der Waals surface area contributed by atoms with Gasteiger partial charge in [0, 0.05) is 5.56 Å². The predicted molar refractivity (Wildman–Crippen MR) is 118 cm³/mol. The van der Waals surface area contributed by atoms with Crippen LogP contribution in [0.15, 0.2) is 84.9 Å². The minimum atomic E-state index is -0.201. The Hall–Kier alpha value is -3.39. The second-order valence-corrected chi connectivity index (χ2v) is 7.79. The van der Waals surface area contributed by atoms with Gasteiger partial charge in [0.1, 0.15) is 0 Å². The summed E-state index contributed by atoms with van der Waals surface area (Å²) in [6.07, 6.45) is 2.20. The molecule has 0 heterocycles. The standard InChI is InChI=1S/C27H23NO/c1-18-8-5-6-12-22(18)27(29)28-26(21-9-3-2-4-10-21)24-17-16-20-15-14-19-11-7-13-23(24)25(19)20/h2-13,16-17,26H,14-15H2,1H3,(H,28,29)/t26-/m1/s1. The molecule has 0 saturated carbocycles. The zero-order valence-electron chi connectivity index (χ0n) is 16.5. The van der Waals surface area contributed by atoms with E-state index in [0.29, 0.717) is 0 Å². The van der Waals surface area contributed by atoms with E-state index in [4.69, 9.17) is 0 Å². The first-order chi connectivity index (χ1) is 14.2. The zero-order valence-corrected chi connectivity index (χ0v) is 16.5. The van der Waals surface area contributed by atoms with Crippen LogP contribution in [-0.2, 0) is 12.8 Å². The van der Waals surface area contributed by atoms with Gasteiger partial charge in [-0.1, -0.05) is 78.9 Å². The Bertz CT molecular complexity index is 1200. The van der Waals surface area contributed by atoms with E-state index in [9.17, 15) is 4.79 Å². The minimum Gasteiger partial charge on any atom is -0.341 e. The van der Waals surface area contributed by atoms with E-state index in [-0.39, 0.29) is 11.9 Å². The quantitative estimate of drug-likeness (QED) is 0.481. The summed E-state index contributed by atoms with van der Waals surface area (Å²) >= 11 is 0. The van der Waals surface area contributed by atoms with E-state index in [1.165, 1.54) is 21.9 Å². The van der Waals surface area contributed by atoms with Crippen molar-refractivity contribution < 1.29 is 4.79 Å². The molecule has 0 spiro atoms. The molecule has 0 bridgehead atoms. The molecule has 5 rings (SSSR count). The van der Waals surface area contributed by atoms with Crippen LogP contribution in [0, 0.1) is 6.92 Å². The molecular formula is C27H23NO. The molecule has 2 heteroatoms. The van der Waals surface area contributed by atoms with Crippen LogP contribution >= 0.6 is 0 Å². The van der Waals surface area contributed by atoms with Crippen LogP contribution in [0.3, 0.4) is 0 Å². The average molecular weight is 377 g/mol. The van der Waals surface area contributed by atoms with Crippen molar-refractivity contribution in [3.05, 3.63) is 118 Å². The van der Waals surface area contributed by atoms with Gasteiger partial charge in [-0.2, -0.15) is 0 Å². The van der Waals surface area contributed by atoms with Crippen molar-refractivity contribution in [2.24, 2.45) is 0 Å². The molecule has 1 atom stereocenters. The Morgan fingerprint density at radius 1 is 0.793 bits per heavy atom. The molecule has 1 N–H and O–H groups in total. The fourth-order valence-electron chi connectivity index (χ4n) is 4.54. The van der Waals surface area contributed by atoms with E-state index in [2.05, 4.69) is 47.8 Å². The van der Waals surface area contributed by atoms with Crippen LogP contribution in [0.1, 0.15) is 44.2 Å². The SMILES string of the molecule is Cc1ccccc1C(=O)N[C@H](c1ccccc1)c1ccc2c3c(cccc13)CC2. The van der Waals surface area contributed by atoms with Crippen LogP contribution in [0.5, 0.6) is 0 Å². The summed E-state index contributed by atoms with van der Waals surface area (Å²) in [4.78, 5) is 13.2. The maximum absolute atomic E-state index is 13.2. The highest BCUT2D eigenvalue weighted by molar-refractivity contribution is 5.97.